The van der Waals surface area contributed by atoms with Crippen molar-refractivity contribution in [3.63, 3.8) is 0 Å². The Hall–Kier alpha value is -2.68. The first-order valence-electron chi connectivity index (χ1n) is 8.90. The van der Waals surface area contributed by atoms with Crippen molar-refractivity contribution in [2.24, 2.45) is 0 Å². The number of hydrogen-bond donors (Lipinski definition) is 1. The highest BCUT2D eigenvalue weighted by Crippen LogP contribution is 2.35. The van der Waals surface area contributed by atoms with Crippen molar-refractivity contribution < 1.29 is 9.53 Å². The minimum Gasteiger partial charge on any atom is -0.486 e. The predicted octanol–water partition coefficient (Wildman–Crippen LogP) is 7.42. The zero-order valence-electron chi connectivity index (χ0n) is 15.8. The molecule has 3 aromatic carbocycles. The van der Waals surface area contributed by atoms with Crippen LogP contribution in [0.15, 0.2) is 66.2 Å². The van der Waals surface area contributed by atoms with Crippen LogP contribution in [0.1, 0.15) is 11.1 Å². The predicted molar refractivity (Wildman–Crippen MR) is 126 cm³/mol. The first kappa shape index (κ1) is 23.0. The number of carbonyl (C=O) groups excluding carboxylic acids is 1. The molecule has 1 amide bonds. The number of ether oxygens (including phenoxy) is 1. The molecule has 4 nitrogen and oxygen atoms in total. The molecular formula is C23H14Cl4N2O2. The van der Waals surface area contributed by atoms with E-state index >= 15 is 0 Å². The van der Waals surface area contributed by atoms with Crippen molar-refractivity contribution in [1.82, 2.24) is 0 Å². The Morgan fingerprint density at radius 1 is 0.968 bits per heavy atom. The number of rotatable bonds is 6. The fraction of sp³-hybridized carbons (Fsp3) is 0.0435. The molecule has 0 aromatic heterocycles. The van der Waals surface area contributed by atoms with Gasteiger partial charge in [-0.1, -0.05) is 64.6 Å². The summed E-state index contributed by atoms with van der Waals surface area (Å²) in [6.07, 6.45) is 1.39. The Labute approximate surface area is 199 Å². The van der Waals surface area contributed by atoms with E-state index in [-0.39, 0.29) is 22.2 Å². The van der Waals surface area contributed by atoms with E-state index in [1.807, 2.05) is 18.2 Å². The highest BCUT2D eigenvalue weighted by Gasteiger charge is 2.13. The smallest absolute Gasteiger partial charge is 0.266 e. The first-order valence-corrected chi connectivity index (χ1v) is 10.4. The van der Waals surface area contributed by atoms with Crippen molar-refractivity contribution in [2.75, 3.05) is 5.32 Å². The van der Waals surface area contributed by atoms with Gasteiger partial charge in [-0.2, -0.15) is 5.26 Å². The summed E-state index contributed by atoms with van der Waals surface area (Å²) in [6.45, 7) is 0.223. The van der Waals surface area contributed by atoms with Gasteiger partial charge in [0.2, 0.25) is 0 Å². The third kappa shape index (κ3) is 6.40. The molecule has 0 saturated carbocycles. The molecule has 0 radical (unpaired) electrons. The van der Waals surface area contributed by atoms with Crippen molar-refractivity contribution in [3.05, 3.63) is 97.5 Å². The fourth-order valence-corrected chi connectivity index (χ4v) is 3.68. The lowest BCUT2D eigenvalue weighted by Gasteiger charge is -2.11. The van der Waals surface area contributed by atoms with E-state index in [9.17, 15) is 10.1 Å². The second kappa shape index (κ2) is 10.6. The standard InChI is InChI=1S/C23H14Cl4N2O2/c24-17-4-1-3-14(8-17)13-31-22-20(26)9-15(10-21(22)27)7-16(12-28)23(30)29-19-6-2-5-18(25)11-19/h1-11H,13H2,(H,29,30)/b16-7+. The number of amides is 1. The highest BCUT2D eigenvalue weighted by molar-refractivity contribution is 6.37. The minimum atomic E-state index is -0.585. The van der Waals surface area contributed by atoms with Gasteiger partial charge in [0.1, 0.15) is 18.2 Å². The van der Waals surface area contributed by atoms with Gasteiger partial charge in [0.15, 0.2) is 5.75 Å². The van der Waals surface area contributed by atoms with E-state index in [0.29, 0.717) is 27.0 Å². The molecule has 0 aliphatic rings. The van der Waals surface area contributed by atoms with Gasteiger partial charge < -0.3 is 10.1 Å². The quantitative estimate of drug-likeness (QED) is 0.288. The summed E-state index contributed by atoms with van der Waals surface area (Å²) in [5.41, 5.74) is 1.68. The molecule has 1 N–H and O–H groups in total. The second-order valence-corrected chi connectivity index (χ2v) is 8.05. The van der Waals surface area contributed by atoms with Crippen molar-refractivity contribution >= 4 is 64.1 Å². The van der Waals surface area contributed by atoms with Crippen LogP contribution in [0.4, 0.5) is 5.69 Å². The maximum absolute atomic E-state index is 12.4. The maximum atomic E-state index is 12.4. The summed E-state index contributed by atoms with van der Waals surface area (Å²) >= 11 is 24.5. The average Bonchev–Trinajstić information content (AvgIpc) is 2.71. The molecule has 8 heteroatoms. The Bertz CT molecular complexity index is 1180. The second-order valence-electron chi connectivity index (χ2n) is 6.37. The first-order chi connectivity index (χ1) is 14.9. The van der Waals surface area contributed by atoms with Crippen LogP contribution in [0, 0.1) is 11.3 Å². The van der Waals surface area contributed by atoms with Crippen LogP contribution in [-0.2, 0) is 11.4 Å². The van der Waals surface area contributed by atoms with Gasteiger partial charge in [-0.05, 0) is 59.7 Å². The number of benzene rings is 3. The molecule has 0 aliphatic heterocycles. The van der Waals surface area contributed by atoms with E-state index in [1.54, 1.807) is 48.5 Å². The van der Waals surface area contributed by atoms with Crippen LogP contribution in [-0.4, -0.2) is 5.91 Å². The summed E-state index contributed by atoms with van der Waals surface area (Å²) in [5.74, 6) is -0.291. The van der Waals surface area contributed by atoms with Crippen LogP contribution in [0.25, 0.3) is 6.08 Å². The van der Waals surface area contributed by atoms with E-state index in [2.05, 4.69) is 5.32 Å². The molecule has 0 saturated heterocycles. The highest BCUT2D eigenvalue weighted by atomic mass is 35.5. The molecule has 0 unspecified atom stereocenters. The average molecular weight is 492 g/mol. The normalized spacial score (nSPS) is 11.0. The Balaban J connectivity index is 1.77. The molecule has 0 heterocycles. The summed E-state index contributed by atoms with van der Waals surface area (Å²) in [5, 5.41) is 13.6. The van der Waals surface area contributed by atoms with E-state index in [1.165, 1.54) is 6.08 Å². The molecule has 0 aliphatic carbocycles. The maximum Gasteiger partial charge on any atom is 0.266 e. The molecule has 0 fully saturated rings. The van der Waals surface area contributed by atoms with Gasteiger partial charge in [0.25, 0.3) is 5.91 Å². The number of halogens is 4. The van der Waals surface area contributed by atoms with Gasteiger partial charge in [-0.15, -0.1) is 0 Å². The largest absolute Gasteiger partial charge is 0.486 e. The van der Waals surface area contributed by atoms with Crippen molar-refractivity contribution in [1.29, 1.82) is 5.26 Å². The summed E-state index contributed by atoms with van der Waals surface area (Å²) in [7, 11) is 0. The zero-order valence-corrected chi connectivity index (χ0v) is 18.9. The van der Waals surface area contributed by atoms with Crippen LogP contribution >= 0.6 is 46.4 Å². The molecule has 31 heavy (non-hydrogen) atoms. The van der Waals surface area contributed by atoms with Gasteiger partial charge in [0, 0.05) is 15.7 Å². The number of nitrogens with zero attached hydrogens (tertiary/aromatic N) is 1. The lowest BCUT2D eigenvalue weighted by molar-refractivity contribution is -0.112. The lowest BCUT2D eigenvalue weighted by Crippen LogP contribution is -2.13. The van der Waals surface area contributed by atoms with Gasteiger partial charge in [-0.25, -0.2) is 0 Å². The lowest BCUT2D eigenvalue weighted by atomic mass is 10.1. The number of nitrogens with one attached hydrogen (secondary N) is 1. The molecule has 0 bridgehead atoms. The van der Waals surface area contributed by atoms with Crippen LogP contribution < -0.4 is 10.1 Å². The Morgan fingerprint density at radius 3 is 2.23 bits per heavy atom. The number of hydrogen-bond acceptors (Lipinski definition) is 3. The number of carbonyl (C=O) groups is 1. The van der Waals surface area contributed by atoms with Crippen molar-refractivity contribution in [3.8, 4) is 11.8 Å². The topological polar surface area (TPSA) is 62.1 Å². The van der Waals surface area contributed by atoms with E-state index < -0.39 is 5.91 Å². The van der Waals surface area contributed by atoms with Crippen LogP contribution in [0.3, 0.4) is 0 Å². The molecular weight excluding hydrogens is 478 g/mol. The number of anilines is 1. The monoisotopic (exact) mass is 490 g/mol. The Kier molecular flexibility index (Phi) is 7.84. The number of nitriles is 1. The van der Waals surface area contributed by atoms with Gasteiger partial charge in [0.05, 0.1) is 10.0 Å². The minimum absolute atomic E-state index is 0.125. The molecule has 156 valence electrons. The van der Waals surface area contributed by atoms with Crippen molar-refractivity contribution in [2.45, 2.75) is 6.61 Å². The Morgan fingerprint density at radius 2 is 1.61 bits per heavy atom. The van der Waals surface area contributed by atoms with E-state index in [4.69, 9.17) is 51.1 Å². The molecule has 3 aromatic rings. The van der Waals surface area contributed by atoms with Gasteiger partial charge in [-0.3, -0.25) is 4.79 Å². The molecule has 0 spiro atoms. The zero-order chi connectivity index (χ0) is 22.4. The summed E-state index contributed by atoms with van der Waals surface area (Å²) in [4.78, 5) is 12.4. The molecule has 3 rings (SSSR count). The SMILES string of the molecule is N#C/C(=C\c1cc(Cl)c(OCc2cccc(Cl)c2)c(Cl)c1)C(=O)Nc1cccc(Cl)c1. The van der Waals surface area contributed by atoms with E-state index in [0.717, 1.165) is 5.56 Å². The molecule has 0 atom stereocenters. The third-order valence-electron chi connectivity index (χ3n) is 4.05. The van der Waals surface area contributed by atoms with Crippen LogP contribution in [0.5, 0.6) is 5.75 Å². The van der Waals surface area contributed by atoms with Gasteiger partial charge >= 0.3 is 0 Å². The summed E-state index contributed by atoms with van der Waals surface area (Å²) < 4.78 is 5.73. The fourth-order valence-electron chi connectivity index (χ4n) is 2.66. The van der Waals surface area contributed by atoms with Crippen LogP contribution in [0.2, 0.25) is 20.1 Å². The third-order valence-corrected chi connectivity index (χ3v) is 5.08. The summed E-state index contributed by atoms with van der Waals surface area (Å²) in [6, 6.07) is 18.8.